The van der Waals surface area contributed by atoms with Gasteiger partial charge >= 0.3 is 18.2 Å². The lowest BCUT2D eigenvalue weighted by atomic mass is 9.81. The average molecular weight is 504 g/mol. The number of hydrogen-bond acceptors (Lipinski definition) is 3. The third-order valence-corrected chi connectivity index (χ3v) is 6.96. The summed E-state index contributed by atoms with van der Waals surface area (Å²) in [4.78, 5) is 38.4. The zero-order chi connectivity index (χ0) is 25.9. The Labute approximate surface area is 206 Å². The molecule has 2 fully saturated rings. The van der Waals surface area contributed by atoms with Crippen LogP contribution in [-0.2, 0) is 11.0 Å². The Kier molecular flexibility index (Phi) is 7.51. The SMILES string of the molecule is O=C(O)c1cccc(C2CCC(NC(=O)[C@H]3CCCN3C(=O)Nc3ccc(C(F)(F)F)cc3)CC2)c1. The van der Waals surface area contributed by atoms with Crippen molar-refractivity contribution in [3.63, 3.8) is 0 Å². The molecule has 0 radical (unpaired) electrons. The number of carbonyl (C=O) groups excluding carboxylic acids is 2. The summed E-state index contributed by atoms with van der Waals surface area (Å²) in [6.07, 6.45) is -0.152. The molecule has 10 heteroatoms. The average Bonchev–Trinajstić information content (AvgIpc) is 3.35. The highest BCUT2D eigenvalue weighted by Crippen LogP contribution is 2.34. The molecule has 36 heavy (non-hydrogen) atoms. The summed E-state index contributed by atoms with van der Waals surface area (Å²) in [6.45, 7) is 0.386. The minimum absolute atomic E-state index is 0.0307. The van der Waals surface area contributed by atoms with Crippen LogP contribution in [0, 0.1) is 0 Å². The van der Waals surface area contributed by atoms with Gasteiger partial charge < -0.3 is 20.6 Å². The number of likely N-dealkylation sites (tertiary alicyclic amines) is 1. The van der Waals surface area contributed by atoms with Crippen molar-refractivity contribution < 1.29 is 32.7 Å². The number of urea groups is 1. The van der Waals surface area contributed by atoms with Crippen LogP contribution in [-0.4, -0.2) is 46.5 Å². The maximum absolute atomic E-state index is 13.0. The highest BCUT2D eigenvalue weighted by molar-refractivity contribution is 5.94. The molecule has 1 atom stereocenters. The zero-order valence-electron chi connectivity index (χ0n) is 19.6. The van der Waals surface area contributed by atoms with E-state index in [1.54, 1.807) is 18.2 Å². The van der Waals surface area contributed by atoms with Crippen molar-refractivity contribution >= 4 is 23.6 Å². The second-order valence-corrected chi connectivity index (χ2v) is 9.34. The summed E-state index contributed by atoms with van der Waals surface area (Å²) < 4.78 is 38.3. The van der Waals surface area contributed by atoms with Crippen LogP contribution in [0.2, 0.25) is 0 Å². The van der Waals surface area contributed by atoms with Crippen molar-refractivity contribution in [2.24, 2.45) is 0 Å². The first-order valence-electron chi connectivity index (χ1n) is 12.0. The lowest BCUT2D eigenvalue weighted by molar-refractivity contribution is -0.137. The van der Waals surface area contributed by atoms with Gasteiger partial charge in [0.1, 0.15) is 6.04 Å². The Morgan fingerprint density at radius 3 is 2.28 bits per heavy atom. The lowest BCUT2D eigenvalue weighted by Gasteiger charge is -2.31. The van der Waals surface area contributed by atoms with E-state index < -0.39 is 29.8 Å². The quantitative estimate of drug-likeness (QED) is 0.520. The molecule has 2 aromatic rings. The molecular weight excluding hydrogens is 475 g/mol. The predicted molar refractivity (Wildman–Crippen MR) is 127 cm³/mol. The number of alkyl halides is 3. The number of carbonyl (C=O) groups is 3. The molecule has 7 nitrogen and oxygen atoms in total. The fraction of sp³-hybridized carbons (Fsp3) is 0.423. The molecular formula is C26H28F3N3O4. The Morgan fingerprint density at radius 1 is 0.944 bits per heavy atom. The number of amides is 3. The van der Waals surface area contributed by atoms with Crippen LogP contribution in [0.25, 0.3) is 0 Å². The van der Waals surface area contributed by atoms with Crippen LogP contribution in [0.15, 0.2) is 48.5 Å². The van der Waals surface area contributed by atoms with E-state index in [2.05, 4.69) is 10.6 Å². The van der Waals surface area contributed by atoms with Crippen LogP contribution in [0.3, 0.4) is 0 Å². The van der Waals surface area contributed by atoms with Crippen LogP contribution in [0.1, 0.15) is 65.9 Å². The predicted octanol–water partition coefficient (Wildman–Crippen LogP) is 5.24. The summed E-state index contributed by atoms with van der Waals surface area (Å²) in [5.74, 6) is -0.956. The number of nitrogens with one attached hydrogen (secondary N) is 2. The van der Waals surface area contributed by atoms with Crippen LogP contribution < -0.4 is 10.6 Å². The van der Waals surface area contributed by atoms with E-state index in [1.807, 2.05) is 6.07 Å². The maximum Gasteiger partial charge on any atom is 0.416 e. The number of benzene rings is 2. The fourth-order valence-corrected chi connectivity index (χ4v) is 5.01. The monoisotopic (exact) mass is 503 g/mol. The molecule has 1 aliphatic carbocycles. The number of carboxylic acids is 1. The molecule has 3 amide bonds. The van der Waals surface area contributed by atoms with Crippen molar-refractivity contribution in [1.29, 1.82) is 0 Å². The number of nitrogens with zero attached hydrogens (tertiary/aromatic N) is 1. The molecule has 0 aromatic heterocycles. The Hall–Kier alpha value is -3.56. The highest BCUT2D eigenvalue weighted by atomic mass is 19.4. The van der Waals surface area contributed by atoms with Gasteiger partial charge in [-0.2, -0.15) is 13.2 Å². The normalized spacial score (nSPS) is 22.2. The number of anilines is 1. The Balaban J connectivity index is 1.30. The Bertz CT molecular complexity index is 1110. The molecule has 0 unspecified atom stereocenters. The number of hydrogen-bond donors (Lipinski definition) is 3. The number of aromatic carboxylic acids is 1. The first-order chi connectivity index (χ1) is 17.1. The first-order valence-corrected chi connectivity index (χ1v) is 12.0. The molecule has 1 saturated heterocycles. The fourth-order valence-electron chi connectivity index (χ4n) is 5.01. The van der Waals surface area contributed by atoms with Crippen molar-refractivity contribution in [3.05, 3.63) is 65.2 Å². The molecule has 4 rings (SSSR count). The van der Waals surface area contributed by atoms with Gasteiger partial charge in [-0.3, -0.25) is 4.79 Å². The summed E-state index contributed by atoms with van der Waals surface area (Å²) in [5, 5.41) is 14.9. The minimum atomic E-state index is -4.46. The van der Waals surface area contributed by atoms with E-state index in [0.29, 0.717) is 19.4 Å². The second-order valence-electron chi connectivity index (χ2n) is 9.34. The standard InChI is InChI=1S/C26H28F3N3O4/c27-26(28,29)19-8-12-21(13-9-19)31-25(36)32-14-2-5-22(32)23(33)30-20-10-6-16(7-11-20)17-3-1-4-18(15-17)24(34)35/h1,3-4,8-9,12-13,15-16,20,22H,2,5-7,10-11,14H2,(H,30,33)(H,31,36)(H,34,35)/t16?,20?,22-/m1/s1. The third kappa shape index (κ3) is 5.98. The van der Waals surface area contributed by atoms with E-state index in [0.717, 1.165) is 43.4 Å². The van der Waals surface area contributed by atoms with Crippen LogP contribution in [0.4, 0.5) is 23.7 Å². The van der Waals surface area contributed by atoms with Gasteiger partial charge in [0.2, 0.25) is 5.91 Å². The van der Waals surface area contributed by atoms with E-state index >= 15 is 0 Å². The molecule has 1 aliphatic heterocycles. The molecule has 2 aromatic carbocycles. The largest absolute Gasteiger partial charge is 0.478 e. The summed E-state index contributed by atoms with van der Waals surface area (Å²) >= 11 is 0. The number of rotatable bonds is 5. The van der Waals surface area contributed by atoms with Gasteiger partial charge in [0.15, 0.2) is 0 Å². The molecule has 3 N–H and O–H groups in total. The third-order valence-electron chi connectivity index (χ3n) is 6.96. The minimum Gasteiger partial charge on any atom is -0.478 e. The molecule has 1 saturated carbocycles. The van der Waals surface area contributed by atoms with Crippen molar-refractivity contribution in [3.8, 4) is 0 Å². The van der Waals surface area contributed by atoms with Gasteiger partial charge in [-0.05, 0) is 86.4 Å². The van der Waals surface area contributed by atoms with Crippen molar-refractivity contribution in [1.82, 2.24) is 10.2 Å². The topological polar surface area (TPSA) is 98.7 Å². The molecule has 0 spiro atoms. The summed E-state index contributed by atoms with van der Waals surface area (Å²) in [7, 11) is 0. The first kappa shape index (κ1) is 25.5. The van der Waals surface area contributed by atoms with E-state index in [4.69, 9.17) is 0 Å². The van der Waals surface area contributed by atoms with Crippen molar-refractivity contribution in [2.75, 3.05) is 11.9 Å². The number of carboxylic acid groups (broad SMARTS) is 1. The number of halogens is 3. The van der Waals surface area contributed by atoms with Gasteiger partial charge in [-0.1, -0.05) is 12.1 Å². The molecule has 0 bridgehead atoms. The second kappa shape index (κ2) is 10.6. The van der Waals surface area contributed by atoms with Gasteiger partial charge in [0.05, 0.1) is 11.1 Å². The summed E-state index contributed by atoms with van der Waals surface area (Å²) in [5.41, 5.74) is 0.674. The van der Waals surface area contributed by atoms with E-state index in [9.17, 15) is 32.7 Å². The molecule has 1 heterocycles. The van der Waals surface area contributed by atoms with Gasteiger partial charge in [0, 0.05) is 18.3 Å². The van der Waals surface area contributed by atoms with E-state index in [1.165, 1.54) is 17.0 Å². The smallest absolute Gasteiger partial charge is 0.416 e. The highest BCUT2D eigenvalue weighted by Gasteiger charge is 2.36. The zero-order valence-corrected chi connectivity index (χ0v) is 19.6. The van der Waals surface area contributed by atoms with Gasteiger partial charge in [0.25, 0.3) is 0 Å². The van der Waals surface area contributed by atoms with Crippen LogP contribution in [0.5, 0.6) is 0 Å². The maximum atomic E-state index is 13.0. The van der Waals surface area contributed by atoms with E-state index in [-0.39, 0.29) is 29.1 Å². The van der Waals surface area contributed by atoms with Gasteiger partial charge in [-0.15, -0.1) is 0 Å². The summed E-state index contributed by atoms with van der Waals surface area (Å²) in [6, 6.07) is 9.95. The van der Waals surface area contributed by atoms with Crippen LogP contribution >= 0.6 is 0 Å². The molecule has 192 valence electrons. The lowest BCUT2D eigenvalue weighted by Crippen LogP contribution is -2.50. The van der Waals surface area contributed by atoms with Gasteiger partial charge in [-0.25, -0.2) is 9.59 Å². The molecule has 2 aliphatic rings. The van der Waals surface area contributed by atoms with Crippen molar-refractivity contribution in [2.45, 2.75) is 62.7 Å². The Morgan fingerprint density at radius 2 is 1.64 bits per heavy atom.